The topological polar surface area (TPSA) is 531 Å². The summed E-state index contributed by atoms with van der Waals surface area (Å²) in [7, 11) is 0. The quantitative estimate of drug-likeness (QED) is 0.0255. The van der Waals surface area contributed by atoms with Crippen molar-refractivity contribution in [3.05, 3.63) is 40.9 Å². The average molecular weight is 1200 g/mol. The minimum Gasteiger partial charge on any atom is -0.488 e. The Kier molecular flexibility index (Phi) is 29.5. The van der Waals surface area contributed by atoms with Crippen molar-refractivity contribution in [3.63, 3.8) is 0 Å². The number of anilines is 3. The van der Waals surface area contributed by atoms with Gasteiger partial charge in [0.25, 0.3) is 21.7 Å². The standard InChI is InChI=1S/C24H38N2O14.C22H33NO15.C4H11N/c1-2-3-6-25-13-14(18(33)17(13)32)26-7-8-37-24-22(20(35)16(31)11(9-27)39-24)40-23-21(36)19(34)15(30)10(38-23)4-5-12(28)29;1-2-34-19-11(14(29)17(19)32)23-5-6-35-22-20(16(31)13(28)9(7-24)37-22)38-21-18(33)15(30)12(27)8(36-21)3-4-10(25)26;1-2-3-4-5/h10-11,15-16,19-27,30-31,34-36H,2-9H2,1H3,(H,28,29);8-9,12-13,15-16,18,20-24,27-28,30-31,33H,2-7H2,1H3,(H,25,26);2-5H2,1H3/t10?,11?,15-,16-,19+,20+,21?,22?,23-,24+;8?,9?,12-,13-,15+,16+,18?,20?,21-,22+;/m11./s1. The van der Waals surface area contributed by atoms with E-state index in [0.29, 0.717) is 6.54 Å². The fourth-order valence-electron chi connectivity index (χ4n) is 8.89. The number of unbranched alkanes of at least 4 members (excludes halogenated alkanes) is 2. The van der Waals surface area contributed by atoms with Crippen LogP contribution in [0.4, 0.5) is 17.1 Å². The third kappa shape index (κ3) is 18.7. The van der Waals surface area contributed by atoms with Crippen LogP contribution in [0.15, 0.2) is 19.2 Å². The summed E-state index contributed by atoms with van der Waals surface area (Å²) in [4.78, 5) is 68.9. The number of carbonyl (C=O) groups is 2. The lowest BCUT2D eigenvalue weighted by Gasteiger charge is -2.46. The van der Waals surface area contributed by atoms with Crippen LogP contribution in [0, 0.1) is 0 Å². The van der Waals surface area contributed by atoms with E-state index in [-0.39, 0.29) is 68.6 Å². The molecule has 83 heavy (non-hydrogen) atoms. The molecule has 2 aromatic carbocycles. The summed E-state index contributed by atoms with van der Waals surface area (Å²) in [5.41, 5.74) is 2.55. The SMILES string of the molecule is CCCCN.CCCCNc1c(NCCO[C@H]2OC(CO)[C@@H](O)[C@H](O)C2O[C@H]2OC(CCC(=O)O)[C@@H](O)[C@H](O)C2O)c(=O)c1=O.CCOc1c(NCCO[C@H]2OC(CO)[C@@H](O)[C@H](O)C2O[C@H]2OC(CCC(=O)O)[C@@H](O)[C@H](O)C2O)c(=O)c1=O. The molecular formula is C50H82N4O29. The zero-order chi connectivity index (χ0) is 61.8. The van der Waals surface area contributed by atoms with E-state index in [1.54, 1.807) is 6.92 Å². The highest BCUT2D eigenvalue weighted by atomic mass is 16.8. The maximum Gasteiger partial charge on any atom is 0.303 e. The molecule has 476 valence electrons. The molecule has 4 saturated heterocycles. The third-order valence-corrected chi connectivity index (χ3v) is 13.7. The summed E-state index contributed by atoms with van der Waals surface area (Å²) in [6, 6.07) is 0. The lowest BCUT2D eigenvalue weighted by Crippen LogP contribution is -2.64. The predicted octanol–water partition coefficient (Wildman–Crippen LogP) is -7.23. The van der Waals surface area contributed by atoms with Crippen LogP contribution in [-0.2, 0) is 47.5 Å². The van der Waals surface area contributed by atoms with E-state index in [9.17, 15) is 90.0 Å². The minimum absolute atomic E-state index is 0.00700. The van der Waals surface area contributed by atoms with Crippen molar-refractivity contribution in [2.75, 3.05) is 75.2 Å². The van der Waals surface area contributed by atoms with Crippen LogP contribution in [-0.4, -0.2) is 265 Å². The molecule has 33 heteroatoms. The van der Waals surface area contributed by atoms with Crippen LogP contribution >= 0.6 is 0 Å². The van der Waals surface area contributed by atoms with Gasteiger partial charge in [-0.15, -0.1) is 0 Å². The van der Waals surface area contributed by atoms with Crippen molar-refractivity contribution in [2.45, 2.75) is 195 Å². The Morgan fingerprint density at radius 3 is 1.22 bits per heavy atom. The van der Waals surface area contributed by atoms with Gasteiger partial charge < -0.3 is 136 Å². The minimum atomic E-state index is -1.83. The zero-order valence-electron chi connectivity index (χ0n) is 46.0. The Bertz CT molecular complexity index is 2400. The molecular weight excluding hydrogens is 1120 g/mol. The van der Waals surface area contributed by atoms with Gasteiger partial charge in [-0.3, -0.25) is 28.8 Å². The first kappa shape index (κ1) is 70.9. The number of carboxylic acid groups (broad SMARTS) is 2. The molecule has 4 heterocycles. The van der Waals surface area contributed by atoms with E-state index in [0.717, 1.165) is 19.4 Å². The first-order valence-electron chi connectivity index (χ1n) is 27.3. The van der Waals surface area contributed by atoms with Crippen LogP contribution < -0.4 is 48.1 Å². The second-order valence-electron chi connectivity index (χ2n) is 19.7. The number of carboxylic acids is 2. The van der Waals surface area contributed by atoms with Crippen molar-refractivity contribution in [3.8, 4) is 5.75 Å². The zero-order valence-corrected chi connectivity index (χ0v) is 46.0. The summed E-state index contributed by atoms with van der Waals surface area (Å²) < 4.78 is 49.5. The largest absolute Gasteiger partial charge is 0.488 e. The number of aliphatic hydroxyl groups is 12. The van der Waals surface area contributed by atoms with Crippen LogP contribution in [0.5, 0.6) is 5.75 Å². The second kappa shape index (κ2) is 34.6. The Labute approximate surface area is 474 Å². The number of nitrogens with two attached hydrogens (primary N) is 1. The molecule has 20 atom stereocenters. The molecule has 4 aliphatic rings. The lowest BCUT2D eigenvalue weighted by atomic mass is 9.95. The van der Waals surface area contributed by atoms with Gasteiger partial charge in [0.15, 0.2) is 30.9 Å². The van der Waals surface area contributed by atoms with Gasteiger partial charge in [0, 0.05) is 32.5 Å². The van der Waals surface area contributed by atoms with Crippen LogP contribution in [0.2, 0.25) is 0 Å². The molecule has 0 aromatic heterocycles. The molecule has 2 aromatic rings. The number of hydrogen-bond donors (Lipinski definition) is 18. The summed E-state index contributed by atoms with van der Waals surface area (Å²) in [6.45, 7) is 5.49. The Hall–Kier alpha value is -4.54. The number of hydrogen-bond acceptors (Lipinski definition) is 31. The van der Waals surface area contributed by atoms with E-state index in [4.69, 9.17) is 58.6 Å². The number of rotatable bonds is 30. The van der Waals surface area contributed by atoms with Gasteiger partial charge in [0.2, 0.25) is 0 Å². The monoisotopic (exact) mass is 1200 g/mol. The fourth-order valence-corrected chi connectivity index (χ4v) is 8.89. The van der Waals surface area contributed by atoms with Gasteiger partial charge in [-0.1, -0.05) is 26.7 Å². The summed E-state index contributed by atoms with van der Waals surface area (Å²) in [5, 5.41) is 149. The van der Waals surface area contributed by atoms with Gasteiger partial charge >= 0.3 is 11.9 Å². The Morgan fingerprint density at radius 1 is 0.482 bits per heavy atom. The molecule has 4 fully saturated rings. The first-order chi connectivity index (χ1) is 39.4. The average Bonchev–Trinajstić information content (AvgIpc) is 3.64. The summed E-state index contributed by atoms with van der Waals surface area (Å²) >= 11 is 0. The fraction of sp³-hybridized carbons (Fsp3) is 0.800. The summed E-state index contributed by atoms with van der Waals surface area (Å²) in [6.07, 6.45) is -28.9. The van der Waals surface area contributed by atoms with Crippen LogP contribution in [0.25, 0.3) is 0 Å². The molecule has 6 rings (SSSR count). The van der Waals surface area contributed by atoms with Crippen molar-refractivity contribution < 1.29 is 124 Å². The van der Waals surface area contributed by atoms with Gasteiger partial charge in [0.05, 0.1) is 45.2 Å². The van der Waals surface area contributed by atoms with Crippen LogP contribution in [0.3, 0.4) is 0 Å². The molecule has 0 bridgehead atoms. The molecule has 19 N–H and O–H groups in total. The molecule has 0 radical (unpaired) electrons. The molecule has 4 aliphatic heterocycles. The van der Waals surface area contributed by atoms with Gasteiger partial charge in [-0.05, 0) is 39.2 Å². The van der Waals surface area contributed by atoms with Gasteiger partial charge in [-0.25, -0.2) is 0 Å². The van der Waals surface area contributed by atoms with Crippen molar-refractivity contribution >= 4 is 29.0 Å². The van der Waals surface area contributed by atoms with Crippen molar-refractivity contribution in [2.24, 2.45) is 5.73 Å². The lowest BCUT2D eigenvalue weighted by molar-refractivity contribution is -0.365. The molecule has 0 spiro atoms. The first-order valence-corrected chi connectivity index (χ1v) is 27.3. The Balaban J connectivity index is 0.000000330. The molecule has 8 unspecified atom stereocenters. The third-order valence-electron chi connectivity index (χ3n) is 13.7. The molecule has 33 nitrogen and oxygen atoms in total. The molecule has 0 saturated carbocycles. The van der Waals surface area contributed by atoms with E-state index >= 15 is 0 Å². The Morgan fingerprint density at radius 2 is 0.855 bits per heavy atom. The molecule has 0 amide bonds. The smallest absolute Gasteiger partial charge is 0.303 e. The number of ether oxygens (including phenoxy) is 9. The van der Waals surface area contributed by atoms with E-state index in [1.807, 2.05) is 6.92 Å². The van der Waals surface area contributed by atoms with Crippen molar-refractivity contribution in [1.82, 2.24) is 0 Å². The maximum absolute atomic E-state index is 11.9. The van der Waals surface area contributed by atoms with E-state index < -0.39 is 183 Å². The normalized spacial score (nSPS) is 33.5. The highest BCUT2D eigenvalue weighted by Gasteiger charge is 2.53. The number of aliphatic carboxylic acids is 2. The van der Waals surface area contributed by atoms with E-state index in [1.165, 1.54) is 12.8 Å². The maximum atomic E-state index is 11.9. The second-order valence-corrected chi connectivity index (χ2v) is 19.7. The van der Waals surface area contributed by atoms with Gasteiger partial charge in [-0.2, -0.15) is 0 Å². The van der Waals surface area contributed by atoms with E-state index in [2.05, 4.69) is 22.9 Å². The highest BCUT2D eigenvalue weighted by Crippen LogP contribution is 2.33. The molecule has 0 aliphatic carbocycles. The van der Waals surface area contributed by atoms with Crippen molar-refractivity contribution in [1.29, 1.82) is 0 Å². The summed E-state index contributed by atoms with van der Waals surface area (Å²) in [5.74, 6) is -2.47. The predicted molar refractivity (Wildman–Crippen MR) is 282 cm³/mol. The van der Waals surface area contributed by atoms with Crippen LogP contribution in [0.1, 0.15) is 72.1 Å². The number of nitrogens with one attached hydrogen (secondary N) is 3. The van der Waals surface area contributed by atoms with Gasteiger partial charge in [0.1, 0.15) is 103 Å². The highest BCUT2D eigenvalue weighted by molar-refractivity contribution is 5.74. The number of aliphatic hydroxyl groups excluding tert-OH is 12.